The first-order chi connectivity index (χ1) is 30.0. The predicted octanol–water partition coefficient (Wildman–Crippen LogP) is 3.78. The molecule has 0 aliphatic heterocycles. The number of imide groups is 1. The molecule has 2 aromatic rings. The molecule has 10 unspecified atom stereocenters. The van der Waals surface area contributed by atoms with Crippen LogP contribution in [0.3, 0.4) is 0 Å². The van der Waals surface area contributed by atoms with Crippen molar-refractivity contribution in [2.45, 2.75) is 63.6 Å². The Morgan fingerprint density at radius 2 is 0.938 bits per heavy atom. The van der Waals surface area contributed by atoms with Gasteiger partial charge in [0.05, 0.1) is 44.6 Å². The summed E-state index contributed by atoms with van der Waals surface area (Å²) in [6.45, 7) is 2.14. The van der Waals surface area contributed by atoms with Crippen molar-refractivity contribution in [3.05, 3.63) is 79.9 Å². The zero-order chi connectivity index (χ0) is 45.5. The highest BCUT2D eigenvalue weighted by Crippen LogP contribution is 2.52. The monoisotopic (exact) mass is 911 g/mol. The van der Waals surface area contributed by atoms with Crippen LogP contribution < -0.4 is 16.0 Å². The molecule has 6 aliphatic carbocycles. The van der Waals surface area contributed by atoms with Gasteiger partial charge in [-0.1, -0.05) is 0 Å². The van der Waals surface area contributed by atoms with E-state index in [2.05, 4.69) is 16.0 Å². The lowest BCUT2D eigenvalue weighted by molar-refractivity contribution is -0.385. The Kier molecular flexibility index (Phi) is 16.9. The topological polar surface area (TPSA) is 250 Å². The second-order valence-corrected chi connectivity index (χ2v) is 17.8. The number of nitro groups is 2. The van der Waals surface area contributed by atoms with Crippen molar-refractivity contribution in [2.75, 3.05) is 54.4 Å². The Morgan fingerprint density at radius 1 is 0.578 bits per heavy atom. The number of benzene rings is 2. The van der Waals surface area contributed by atoms with Gasteiger partial charge in [-0.15, -0.1) is 12.4 Å². The second-order valence-electron chi connectivity index (χ2n) is 17.8. The van der Waals surface area contributed by atoms with Gasteiger partial charge in [0.2, 0.25) is 23.6 Å². The molecule has 0 saturated heterocycles. The van der Waals surface area contributed by atoms with Crippen molar-refractivity contribution in [1.82, 2.24) is 25.8 Å². The van der Waals surface area contributed by atoms with E-state index in [0.717, 1.165) is 0 Å². The van der Waals surface area contributed by atoms with Crippen LogP contribution in [0.4, 0.5) is 11.4 Å². The molecule has 0 heterocycles. The van der Waals surface area contributed by atoms with E-state index in [1.807, 2.05) is 38.0 Å². The number of hydrogen-bond donors (Lipinski definition) is 3. The fourth-order valence-electron chi connectivity index (χ4n) is 10.3. The fourth-order valence-corrected chi connectivity index (χ4v) is 10.3. The molecule has 6 saturated carbocycles. The van der Waals surface area contributed by atoms with Gasteiger partial charge in [-0.05, 0) is 129 Å². The van der Waals surface area contributed by atoms with Crippen LogP contribution in [-0.4, -0.2) is 122 Å². The summed E-state index contributed by atoms with van der Waals surface area (Å²) in [6.07, 6.45) is 2.30. The number of carbonyl (C=O) groups excluding carboxylic acids is 6. The number of nitro benzene ring substituents is 2. The van der Waals surface area contributed by atoms with E-state index in [0.29, 0.717) is 77.5 Å². The van der Waals surface area contributed by atoms with E-state index in [-0.39, 0.29) is 58.6 Å². The molecule has 6 aliphatic rings. The van der Waals surface area contributed by atoms with E-state index in [1.165, 1.54) is 48.5 Å². The van der Waals surface area contributed by atoms with E-state index >= 15 is 0 Å². The zero-order valence-corrected chi connectivity index (χ0v) is 37.3. The summed E-state index contributed by atoms with van der Waals surface area (Å²) in [7, 11) is 7.67. The number of esters is 2. The van der Waals surface area contributed by atoms with Crippen LogP contribution in [0.1, 0.15) is 72.1 Å². The van der Waals surface area contributed by atoms with Gasteiger partial charge in [-0.2, -0.15) is 0 Å². The van der Waals surface area contributed by atoms with Crippen LogP contribution in [-0.2, 0) is 28.7 Å². The van der Waals surface area contributed by atoms with E-state index < -0.39 is 81.3 Å². The summed E-state index contributed by atoms with van der Waals surface area (Å²) in [5.41, 5.74) is -0.243. The lowest BCUT2D eigenvalue weighted by Crippen LogP contribution is -2.61. The molecule has 2 aromatic carbocycles. The average Bonchev–Trinajstić information content (AvgIpc) is 3.26. The van der Waals surface area contributed by atoms with Crippen LogP contribution in [0, 0.1) is 67.6 Å². The quantitative estimate of drug-likeness (QED) is 0.0634. The van der Waals surface area contributed by atoms with E-state index in [4.69, 9.17) is 9.47 Å². The predicted molar refractivity (Wildman–Crippen MR) is 233 cm³/mol. The smallest absolute Gasteiger partial charge is 0.338 e. The number of non-ortho nitro benzene ring substituents is 2. The van der Waals surface area contributed by atoms with Crippen molar-refractivity contribution >= 4 is 59.3 Å². The van der Waals surface area contributed by atoms with Gasteiger partial charge >= 0.3 is 11.9 Å². The van der Waals surface area contributed by atoms with Crippen LogP contribution in [0.15, 0.2) is 48.5 Å². The third-order valence-electron chi connectivity index (χ3n) is 13.2. The minimum Gasteiger partial charge on any atom is -0.458 e. The molecule has 19 nitrogen and oxygen atoms in total. The van der Waals surface area contributed by atoms with Gasteiger partial charge < -0.3 is 29.9 Å². The molecule has 10 atom stereocenters. The summed E-state index contributed by atoms with van der Waals surface area (Å²) >= 11 is 0. The largest absolute Gasteiger partial charge is 0.458 e. The fraction of sp³-hybridized carbons (Fsp3) is 0.591. The normalized spacial score (nSPS) is 26.6. The van der Waals surface area contributed by atoms with Gasteiger partial charge in [-0.3, -0.25) is 44.7 Å². The van der Waals surface area contributed by atoms with E-state index in [1.54, 1.807) is 0 Å². The molecule has 4 amide bonds. The van der Waals surface area contributed by atoms with Gasteiger partial charge in [0.1, 0.15) is 12.2 Å². The maximum Gasteiger partial charge on any atom is 0.338 e. The number of amides is 4. The summed E-state index contributed by atoms with van der Waals surface area (Å²) in [5.74, 6) is -9.56. The first-order valence-corrected chi connectivity index (χ1v) is 21.6. The third-order valence-corrected chi connectivity index (χ3v) is 13.2. The highest BCUT2D eigenvalue weighted by molar-refractivity contribution is 6.01. The Balaban J connectivity index is 0.00000771. The summed E-state index contributed by atoms with van der Waals surface area (Å²) in [4.78, 5) is 109. The number of hydrogen-bond acceptors (Lipinski definition) is 14. The number of nitrogens with zero attached hydrogens (tertiary/aromatic N) is 4. The molecular weight excluding hydrogens is 854 g/mol. The molecule has 20 heteroatoms. The number of ether oxygens (including phenoxy) is 2. The SMILES string of the molecule is CN(C)CCCNC(=O)C1C2CCC(C(OC(=O)c3ccc([N+](=O)[O-])cc3)C2)C1C(=O)NC(=O)C1C2CCC(CC2OC(=O)c2ccc([N+](=O)[O-])cc2)C1C(=O)NCCCN(C)C.Cl. The molecule has 3 N–H and O–H groups in total. The number of carbonyl (C=O) groups is 6. The highest BCUT2D eigenvalue weighted by atomic mass is 35.5. The van der Waals surface area contributed by atoms with Gasteiger partial charge in [0, 0.05) is 49.2 Å². The Hall–Kier alpha value is -5.53. The average molecular weight is 912 g/mol. The maximum absolute atomic E-state index is 14.7. The van der Waals surface area contributed by atoms with Crippen molar-refractivity contribution in [3.63, 3.8) is 0 Å². The summed E-state index contributed by atoms with van der Waals surface area (Å²) in [6, 6.07) is 9.93. The molecule has 0 aromatic heterocycles. The molecule has 64 heavy (non-hydrogen) atoms. The first kappa shape index (κ1) is 49.5. The minimum absolute atomic E-state index is 0. The number of fused-ring (bicyclic) bond motifs is 6. The van der Waals surface area contributed by atoms with Crippen LogP contribution in [0.25, 0.3) is 0 Å². The van der Waals surface area contributed by atoms with Crippen molar-refractivity contribution < 1.29 is 48.1 Å². The minimum atomic E-state index is -1.08. The standard InChI is InChI=1S/C44H57N7O12.ClH/c1-48(2)21-5-19-45-39(52)35-27-11-17-31(33(23-27)62-43(56)25-7-13-29(14-8-25)50(58)59)37(35)41(54)47-42(55)38-32-18-12-28(36(38)40(53)46-20-6-22-49(3)4)24-34(32)63-44(57)26-9-15-30(16-10-26)51(60)61;/h7-10,13-16,27-28,31-38H,5-6,11-12,17-24H2,1-4H3,(H,45,52)(H,46,53)(H,47,54,55);1H. The summed E-state index contributed by atoms with van der Waals surface area (Å²) in [5, 5.41) is 31.0. The first-order valence-electron chi connectivity index (χ1n) is 21.6. The van der Waals surface area contributed by atoms with Crippen molar-refractivity contribution in [1.29, 1.82) is 0 Å². The Bertz CT molecular complexity index is 1910. The van der Waals surface area contributed by atoms with Gasteiger partial charge in [0.15, 0.2) is 0 Å². The molecular formula is C44H58ClN7O12. The molecule has 0 radical (unpaired) electrons. The van der Waals surface area contributed by atoms with Gasteiger partial charge in [0.25, 0.3) is 11.4 Å². The van der Waals surface area contributed by atoms with E-state index in [9.17, 15) is 49.0 Å². The number of rotatable bonds is 18. The van der Waals surface area contributed by atoms with Gasteiger partial charge in [-0.25, -0.2) is 9.59 Å². The van der Waals surface area contributed by atoms with Crippen molar-refractivity contribution in [3.8, 4) is 0 Å². The lowest BCUT2D eigenvalue weighted by Gasteiger charge is -2.51. The number of nitrogens with one attached hydrogen (secondary N) is 3. The van der Waals surface area contributed by atoms with Crippen LogP contribution in [0.2, 0.25) is 0 Å². The number of halogens is 1. The van der Waals surface area contributed by atoms with Crippen LogP contribution in [0.5, 0.6) is 0 Å². The lowest BCUT2D eigenvalue weighted by atomic mass is 9.56. The Labute approximate surface area is 377 Å². The molecule has 4 bridgehead atoms. The third kappa shape index (κ3) is 11.6. The zero-order valence-electron chi connectivity index (χ0n) is 36.5. The summed E-state index contributed by atoms with van der Waals surface area (Å²) < 4.78 is 11.9. The highest BCUT2D eigenvalue weighted by Gasteiger charge is 2.58. The molecule has 6 fully saturated rings. The molecule has 8 rings (SSSR count). The molecule has 348 valence electrons. The second kappa shape index (κ2) is 21.9. The van der Waals surface area contributed by atoms with Crippen molar-refractivity contribution in [2.24, 2.45) is 47.3 Å². The Morgan fingerprint density at radius 3 is 1.27 bits per heavy atom. The maximum atomic E-state index is 14.7. The van der Waals surface area contributed by atoms with Crippen LogP contribution >= 0.6 is 12.4 Å². The molecule has 0 spiro atoms.